The number of hydrazine groups is 1. The van der Waals surface area contributed by atoms with Crippen LogP contribution in [0.15, 0.2) is 47.4 Å². The Balaban J connectivity index is 1.55. The predicted octanol–water partition coefficient (Wildman–Crippen LogP) is 2.61. The number of halogens is 1. The molecule has 1 heterocycles. The Morgan fingerprint density at radius 1 is 1.20 bits per heavy atom. The second-order valence-electron chi connectivity index (χ2n) is 8.28. The molecular weight excluding hydrogens is 498 g/mol. The van der Waals surface area contributed by atoms with Crippen molar-refractivity contribution < 1.29 is 22.9 Å². The largest absolute Gasteiger partial charge is 0.323 e. The number of piperidine rings is 1. The van der Waals surface area contributed by atoms with Gasteiger partial charge >= 0.3 is 0 Å². The Labute approximate surface area is 208 Å². The monoisotopic (exact) mass is 523 g/mol. The first-order valence-corrected chi connectivity index (χ1v) is 12.7. The molecule has 1 saturated heterocycles. The molecule has 1 fully saturated rings. The lowest BCUT2D eigenvalue weighted by Gasteiger charge is -2.31. The van der Waals surface area contributed by atoms with E-state index < -0.39 is 38.7 Å². The van der Waals surface area contributed by atoms with E-state index in [-0.39, 0.29) is 27.8 Å². The van der Waals surface area contributed by atoms with Crippen molar-refractivity contribution in [1.82, 2.24) is 15.2 Å². The molecule has 2 amide bonds. The van der Waals surface area contributed by atoms with Gasteiger partial charge in [-0.1, -0.05) is 29.3 Å². The van der Waals surface area contributed by atoms with Gasteiger partial charge in [-0.25, -0.2) is 13.8 Å². The van der Waals surface area contributed by atoms with E-state index in [4.69, 9.17) is 11.6 Å². The zero-order valence-corrected chi connectivity index (χ0v) is 20.7. The number of carbonyl (C=O) groups is 2. The Kier molecular flexibility index (Phi) is 8.43. The van der Waals surface area contributed by atoms with Crippen LogP contribution < -0.4 is 16.2 Å². The van der Waals surface area contributed by atoms with Gasteiger partial charge in [-0.3, -0.25) is 25.1 Å². The fraction of sp³-hybridized carbons (Fsp3) is 0.364. The summed E-state index contributed by atoms with van der Waals surface area (Å²) in [5.41, 5.74) is 6.01. The highest BCUT2D eigenvalue weighted by Crippen LogP contribution is 2.27. The number of hydrogen-bond acceptors (Lipinski definition) is 7. The highest BCUT2D eigenvalue weighted by molar-refractivity contribution is 7.89. The van der Waals surface area contributed by atoms with E-state index in [0.29, 0.717) is 19.4 Å². The summed E-state index contributed by atoms with van der Waals surface area (Å²) >= 11 is 5.99. The Bertz CT molecular complexity index is 1220. The fourth-order valence-corrected chi connectivity index (χ4v) is 5.29. The van der Waals surface area contributed by atoms with Crippen LogP contribution >= 0.6 is 11.6 Å². The summed E-state index contributed by atoms with van der Waals surface area (Å²) in [5.74, 6) is -1.55. The molecule has 35 heavy (non-hydrogen) atoms. The first-order chi connectivity index (χ1) is 16.5. The minimum Gasteiger partial charge on any atom is -0.323 e. The number of rotatable bonds is 8. The molecule has 13 heteroatoms. The molecule has 2 atom stereocenters. The van der Waals surface area contributed by atoms with E-state index in [1.165, 1.54) is 23.4 Å². The van der Waals surface area contributed by atoms with E-state index in [9.17, 15) is 28.1 Å². The van der Waals surface area contributed by atoms with Crippen molar-refractivity contribution in [3.63, 3.8) is 0 Å². The number of benzene rings is 2. The van der Waals surface area contributed by atoms with Crippen molar-refractivity contribution in [1.29, 1.82) is 0 Å². The topological polar surface area (TPSA) is 151 Å². The van der Waals surface area contributed by atoms with E-state index in [1.807, 2.05) is 6.92 Å². The summed E-state index contributed by atoms with van der Waals surface area (Å²) in [4.78, 5) is 35.5. The summed E-state index contributed by atoms with van der Waals surface area (Å²) < 4.78 is 27.2. The van der Waals surface area contributed by atoms with Crippen molar-refractivity contribution in [3.05, 3.63) is 63.2 Å². The molecule has 0 unspecified atom stereocenters. The number of nitrogens with zero attached hydrogens (tertiary/aromatic N) is 2. The third-order valence-electron chi connectivity index (χ3n) is 5.64. The molecule has 11 nitrogen and oxygen atoms in total. The summed E-state index contributed by atoms with van der Waals surface area (Å²) in [7, 11) is -3.72. The first kappa shape index (κ1) is 26.5. The van der Waals surface area contributed by atoms with Crippen molar-refractivity contribution >= 4 is 44.8 Å². The zero-order chi connectivity index (χ0) is 25.8. The maximum atomic E-state index is 13.0. The number of sulfonamides is 1. The fourth-order valence-electron chi connectivity index (χ4n) is 3.54. The lowest BCUT2D eigenvalue weighted by molar-refractivity contribution is -0.384. The van der Waals surface area contributed by atoms with Crippen molar-refractivity contribution in [3.8, 4) is 0 Å². The van der Waals surface area contributed by atoms with Gasteiger partial charge in [0, 0.05) is 25.2 Å². The molecule has 0 aromatic heterocycles. The molecule has 3 N–H and O–H groups in total. The lowest BCUT2D eigenvalue weighted by atomic mass is 9.99. The van der Waals surface area contributed by atoms with Crippen LogP contribution in [-0.4, -0.2) is 48.6 Å². The van der Waals surface area contributed by atoms with Crippen LogP contribution in [0.2, 0.25) is 5.02 Å². The molecule has 0 radical (unpaired) electrons. The number of carbonyl (C=O) groups excluding carboxylic acids is 2. The van der Waals surface area contributed by atoms with Gasteiger partial charge in [0.25, 0.3) is 5.69 Å². The number of nitrogens with one attached hydrogen (secondary N) is 3. The van der Waals surface area contributed by atoms with Gasteiger partial charge in [-0.05, 0) is 44.9 Å². The van der Waals surface area contributed by atoms with Gasteiger partial charge in [0.15, 0.2) is 0 Å². The number of amides is 2. The molecule has 188 valence electrons. The maximum absolute atomic E-state index is 13.0. The SMILES string of the molecule is Cc1ccc(S(=O)(=O)N2CCC[C@@H](C(=O)NN[C@H](C)C(=O)Nc3ccc([N+](=O)[O-])cc3Cl)C2)cc1. The number of hydrogen-bond donors (Lipinski definition) is 3. The molecule has 0 saturated carbocycles. The Hall–Kier alpha value is -3.06. The van der Waals surface area contributed by atoms with Crippen molar-refractivity contribution in [2.45, 2.75) is 37.6 Å². The number of anilines is 1. The van der Waals surface area contributed by atoms with Crippen LogP contribution in [0.4, 0.5) is 11.4 Å². The number of nitro benzene ring substituents is 1. The van der Waals surface area contributed by atoms with Gasteiger partial charge < -0.3 is 5.32 Å². The quantitative estimate of drug-likeness (QED) is 0.355. The van der Waals surface area contributed by atoms with Crippen LogP contribution in [0.5, 0.6) is 0 Å². The lowest BCUT2D eigenvalue weighted by Crippen LogP contribution is -2.52. The van der Waals surface area contributed by atoms with Crippen LogP contribution in [0, 0.1) is 23.0 Å². The predicted molar refractivity (Wildman–Crippen MR) is 130 cm³/mol. The zero-order valence-electron chi connectivity index (χ0n) is 19.2. The standard InChI is InChI=1S/C22H26ClN5O6S/c1-14-5-8-18(9-6-14)35(33,34)27-11-3-4-16(13-27)22(30)26-25-15(2)21(29)24-20-10-7-17(28(31)32)12-19(20)23/h5-10,12,15-16,25H,3-4,11,13H2,1-2H3,(H,24,29)(H,26,30)/t15-,16-/m1/s1. The first-order valence-electron chi connectivity index (χ1n) is 10.9. The normalized spacial score (nSPS) is 17.4. The van der Waals surface area contributed by atoms with Gasteiger partial charge in [-0.15, -0.1) is 0 Å². The molecule has 1 aliphatic heterocycles. The van der Waals surface area contributed by atoms with Crippen molar-refractivity contribution in [2.75, 3.05) is 18.4 Å². The smallest absolute Gasteiger partial charge is 0.271 e. The van der Waals surface area contributed by atoms with Crippen LogP contribution in [-0.2, 0) is 19.6 Å². The number of aryl methyl sites for hydroxylation is 1. The van der Waals surface area contributed by atoms with E-state index in [0.717, 1.165) is 11.6 Å². The molecule has 0 spiro atoms. The van der Waals surface area contributed by atoms with Gasteiger partial charge in [-0.2, -0.15) is 4.31 Å². The summed E-state index contributed by atoms with van der Waals surface area (Å²) in [5, 5.41) is 13.3. The molecule has 1 aliphatic rings. The van der Waals surface area contributed by atoms with Crippen LogP contribution in [0.25, 0.3) is 0 Å². The maximum Gasteiger partial charge on any atom is 0.271 e. The molecular formula is C22H26ClN5O6S. The summed E-state index contributed by atoms with van der Waals surface area (Å²) in [6, 6.07) is 9.32. The molecule has 2 aromatic carbocycles. The Morgan fingerprint density at radius 2 is 1.89 bits per heavy atom. The molecule has 0 bridgehead atoms. The third kappa shape index (κ3) is 6.54. The average Bonchev–Trinajstić information content (AvgIpc) is 2.83. The van der Waals surface area contributed by atoms with Gasteiger partial charge in [0.1, 0.15) is 6.04 Å². The highest BCUT2D eigenvalue weighted by atomic mass is 35.5. The molecule has 0 aliphatic carbocycles. The number of nitro groups is 1. The second kappa shape index (κ2) is 11.1. The minimum atomic E-state index is -3.72. The van der Waals surface area contributed by atoms with Crippen molar-refractivity contribution in [2.24, 2.45) is 5.92 Å². The Morgan fingerprint density at radius 3 is 2.51 bits per heavy atom. The minimum absolute atomic E-state index is 0.000804. The van der Waals surface area contributed by atoms with Gasteiger partial charge in [0.2, 0.25) is 21.8 Å². The second-order valence-corrected chi connectivity index (χ2v) is 10.6. The van der Waals surface area contributed by atoms with Crippen LogP contribution in [0.3, 0.4) is 0 Å². The van der Waals surface area contributed by atoms with E-state index in [1.54, 1.807) is 24.3 Å². The van der Waals surface area contributed by atoms with Crippen LogP contribution in [0.1, 0.15) is 25.3 Å². The van der Waals surface area contributed by atoms with E-state index in [2.05, 4.69) is 16.2 Å². The third-order valence-corrected chi connectivity index (χ3v) is 7.83. The van der Waals surface area contributed by atoms with E-state index >= 15 is 0 Å². The average molecular weight is 524 g/mol. The molecule has 3 rings (SSSR count). The highest BCUT2D eigenvalue weighted by Gasteiger charge is 2.33. The summed E-state index contributed by atoms with van der Waals surface area (Å²) in [6.07, 6.45) is 1.03. The van der Waals surface area contributed by atoms with Gasteiger partial charge in [0.05, 0.1) is 26.4 Å². The molecule has 2 aromatic rings. The summed E-state index contributed by atoms with van der Waals surface area (Å²) in [6.45, 7) is 3.72. The number of non-ortho nitro benzene ring substituents is 1.